The lowest BCUT2D eigenvalue weighted by Crippen LogP contribution is -2.52. The molecule has 0 radical (unpaired) electrons. The minimum atomic E-state index is -1.43. The van der Waals surface area contributed by atoms with Gasteiger partial charge in [-0.2, -0.15) is 0 Å². The molecule has 0 heterocycles. The number of aliphatic hydroxyl groups excluding tert-OH is 1. The molecular weight excluding hydrogens is 302 g/mol. The zero-order chi connectivity index (χ0) is 17.4. The van der Waals surface area contributed by atoms with Crippen molar-refractivity contribution in [3.05, 3.63) is 35.9 Å². The van der Waals surface area contributed by atoms with Crippen molar-refractivity contribution in [3.8, 4) is 0 Å². The van der Waals surface area contributed by atoms with Gasteiger partial charge in [0, 0.05) is 0 Å². The molecule has 126 valence electrons. The van der Waals surface area contributed by atoms with E-state index in [9.17, 15) is 19.5 Å². The highest BCUT2D eigenvalue weighted by atomic mass is 16.4. The Balaban J connectivity index is 2.42. The Morgan fingerprint density at radius 2 is 1.83 bits per heavy atom. The summed E-state index contributed by atoms with van der Waals surface area (Å²) < 4.78 is 0. The van der Waals surface area contributed by atoms with E-state index in [1.807, 2.05) is 30.3 Å². The number of nitrogens with one attached hydrogen (secondary N) is 2. The van der Waals surface area contributed by atoms with Crippen molar-refractivity contribution in [1.82, 2.24) is 10.6 Å². The molecule has 23 heavy (non-hydrogen) atoms. The standard InChI is InChI=1S/C15H21N3O5/c1-9(19)13(15(22)23)18-12(20)8-17-14(21)11(16)7-10-5-3-2-4-6-10/h2-6,9,11,13,19H,7-8,16H2,1H3,(H,17,21)(H,18,20)(H,22,23). The number of rotatable bonds is 8. The Bertz CT molecular complexity index is 547. The van der Waals surface area contributed by atoms with Gasteiger partial charge in [0.2, 0.25) is 11.8 Å². The molecule has 0 bridgehead atoms. The number of carboxylic acids is 1. The normalized spacial score (nSPS) is 14.4. The Morgan fingerprint density at radius 1 is 1.22 bits per heavy atom. The number of carbonyl (C=O) groups is 3. The van der Waals surface area contributed by atoms with Crippen molar-refractivity contribution in [2.45, 2.75) is 31.5 Å². The summed E-state index contributed by atoms with van der Waals surface area (Å²) in [5.41, 5.74) is 6.64. The van der Waals surface area contributed by atoms with Crippen LogP contribution in [0.3, 0.4) is 0 Å². The lowest BCUT2D eigenvalue weighted by atomic mass is 10.1. The van der Waals surface area contributed by atoms with E-state index in [-0.39, 0.29) is 0 Å². The van der Waals surface area contributed by atoms with Crippen LogP contribution < -0.4 is 16.4 Å². The van der Waals surface area contributed by atoms with E-state index in [0.717, 1.165) is 5.56 Å². The summed E-state index contributed by atoms with van der Waals surface area (Å²) in [5, 5.41) is 22.5. The van der Waals surface area contributed by atoms with Gasteiger partial charge in [-0.3, -0.25) is 9.59 Å². The average molecular weight is 323 g/mol. The van der Waals surface area contributed by atoms with Crippen LogP contribution in [-0.4, -0.2) is 52.7 Å². The maximum atomic E-state index is 11.8. The first kappa shape index (κ1) is 18.6. The third-order valence-corrected chi connectivity index (χ3v) is 3.12. The Labute approximate surface area is 133 Å². The van der Waals surface area contributed by atoms with Crippen LogP contribution in [0.5, 0.6) is 0 Å². The van der Waals surface area contributed by atoms with E-state index in [1.165, 1.54) is 6.92 Å². The summed E-state index contributed by atoms with van der Waals surface area (Å²) >= 11 is 0. The SMILES string of the molecule is CC(O)C(NC(=O)CNC(=O)C(N)Cc1ccccc1)C(=O)O. The van der Waals surface area contributed by atoms with Gasteiger partial charge < -0.3 is 26.6 Å². The van der Waals surface area contributed by atoms with E-state index in [0.29, 0.717) is 6.42 Å². The number of carbonyl (C=O) groups excluding carboxylic acids is 2. The molecule has 0 aromatic heterocycles. The van der Waals surface area contributed by atoms with Gasteiger partial charge >= 0.3 is 5.97 Å². The molecule has 0 aliphatic carbocycles. The summed E-state index contributed by atoms with van der Waals surface area (Å²) in [5.74, 6) is -2.60. The molecule has 2 amide bonds. The lowest BCUT2D eigenvalue weighted by Gasteiger charge is -2.17. The van der Waals surface area contributed by atoms with Crippen LogP contribution >= 0.6 is 0 Å². The first-order valence-corrected chi connectivity index (χ1v) is 7.08. The number of hydrogen-bond donors (Lipinski definition) is 5. The zero-order valence-corrected chi connectivity index (χ0v) is 12.7. The maximum Gasteiger partial charge on any atom is 0.328 e. The van der Waals surface area contributed by atoms with Gasteiger partial charge in [-0.25, -0.2) is 4.79 Å². The van der Waals surface area contributed by atoms with Crippen molar-refractivity contribution in [2.24, 2.45) is 5.73 Å². The number of carboxylic acid groups (broad SMARTS) is 1. The smallest absolute Gasteiger partial charge is 0.328 e. The number of nitrogens with two attached hydrogens (primary N) is 1. The molecule has 0 fully saturated rings. The summed E-state index contributed by atoms with van der Waals surface area (Å²) in [6, 6.07) is 6.92. The largest absolute Gasteiger partial charge is 0.480 e. The molecule has 6 N–H and O–H groups in total. The van der Waals surface area contributed by atoms with Crippen LogP contribution in [0, 0.1) is 0 Å². The highest BCUT2D eigenvalue weighted by Gasteiger charge is 2.25. The average Bonchev–Trinajstić information content (AvgIpc) is 2.50. The van der Waals surface area contributed by atoms with Crippen molar-refractivity contribution in [2.75, 3.05) is 6.54 Å². The van der Waals surface area contributed by atoms with E-state index in [1.54, 1.807) is 0 Å². The second-order valence-electron chi connectivity index (χ2n) is 5.14. The number of benzene rings is 1. The summed E-state index contributed by atoms with van der Waals surface area (Å²) in [6.07, 6.45) is -0.938. The molecule has 3 unspecified atom stereocenters. The highest BCUT2D eigenvalue weighted by Crippen LogP contribution is 2.01. The van der Waals surface area contributed by atoms with Gasteiger partial charge in [-0.15, -0.1) is 0 Å². The molecule has 0 saturated heterocycles. The fourth-order valence-corrected chi connectivity index (χ4v) is 1.87. The Hall–Kier alpha value is -2.45. The fraction of sp³-hybridized carbons (Fsp3) is 0.400. The number of aliphatic carboxylic acids is 1. The van der Waals surface area contributed by atoms with Crippen LogP contribution in [0.2, 0.25) is 0 Å². The van der Waals surface area contributed by atoms with Gasteiger partial charge in [0.25, 0.3) is 0 Å². The van der Waals surface area contributed by atoms with Crippen LogP contribution in [0.4, 0.5) is 0 Å². The summed E-state index contributed by atoms with van der Waals surface area (Å²) in [7, 11) is 0. The molecule has 0 saturated carbocycles. The van der Waals surface area contributed by atoms with Gasteiger partial charge in [-0.05, 0) is 18.9 Å². The van der Waals surface area contributed by atoms with Crippen LogP contribution in [0.15, 0.2) is 30.3 Å². The quantitative estimate of drug-likeness (QED) is 0.399. The lowest BCUT2D eigenvalue weighted by molar-refractivity contribution is -0.144. The Kier molecular flexibility index (Phi) is 7.17. The van der Waals surface area contributed by atoms with E-state index < -0.39 is 42.5 Å². The first-order valence-electron chi connectivity index (χ1n) is 7.08. The molecule has 1 rings (SSSR count). The maximum absolute atomic E-state index is 11.8. The van der Waals surface area contributed by atoms with Crippen LogP contribution in [0.1, 0.15) is 12.5 Å². The molecule has 8 heteroatoms. The minimum absolute atomic E-state index is 0.319. The number of amides is 2. The van der Waals surface area contributed by atoms with Gasteiger partial charge in [0.15, 0.2) is 6.04 Å². The molecule has 1 aromatic carbocycles. The second-order valence-corrected chi connectivity index (χ2v) is 5.14. The monoisotopic (exact) mass is 323 g/mol. The molecule has 3 atom stereocenters. The number of aliphatic hydroxyl groups is 1. The highest BCUT2D eigenvalue weighted by molar-refractivity contribution is 5.89. The Morgan fingerprint density at radius 3 is 2.35 bits per heavy atom. The predicted octanol–water partition coefficient (Wildman–Crippen LogP) is -1.38. The van der Waals surface area contributed by atoms with Crippen molar-refractivity contribution in [3.63, 3.8) is 0 Å². The molecule has 0 spiro atoms. The van der Waals surface area contributed by atoms with E-state index in [4.69, 9.17) is 10.8 Å². The van der Waals surface area contributed by atoms with E-state index >= 15 is 0 Å². The zero-order valence-electron chi connectivity index (χ0n) is 12.7. The van der Waals surface area contributed by atoms with Crippen molar-refractivity contribution < 1.29 is 24.6 Å². The summed E-state index contributed by atoms with van der Waals surface area (Å²) in [6.45, 7) is 0.825. The summed E-state index contributed by atoms with van der Waals surface area (Å²) in [4.78, 5) is 34.3. The predicted molar refractivity (Wildman–Crippen MR) is 82.4 cm³/mol. The molecule has 0 aliphatic rings. The van der Waals surface area contributed by atoms with Crippen LogP contribution in [0.25, 0.3) is 0 Å². The van der Waals surface area contributed by atoms with Gasteiger partial charge in [-0.1, -0.05) is 30.3 Å². The van der Waals surface area contributed by atoms with E-state index in [2.05, 4.69) is 10.6 Å². The first-order chi connectivity index (χ1) is 10.8. The molecule has 0 aliphatic heterocycles. The fourth-order valence-electron chi connectivity index (χ4n) is 1.87. The van der Waals surface area contributed by atoms with Crippen molar-refractivity contribution in [1.29, 1.82) is 0 Å². The molecule has 8 nitrogen and oxygen atoms in total. The number of hydrogen-bond acceptors (Lipinski definition) is 5. The molecular formula is C15H21N3O5. The van der Waals surface area contributed by atoms with Gasteiger partial charge in [0.1, 0.15) is 0 Å². The topological polar surface area (TPSA) is 142 Å². The second kappa shape index (κ2) is 8.86. The van der Waals surface area contributed by atoms with Gasteiger partial charge in [0.05, 0.1) is 18.7 Å². The third kappa shape index (κ3) is 6.45. The minimum Gasteiger partial charge on any atom is -0.480 e. The third-order valence-electron chi connectivity index (χ3n) is 3.12. The van der Waals surface area contributed by atoms with Crippen LogP contribution in [-0.2, 0) is 20.8 Å². The molecule has 1 aromatic rings. The van der Waals surface area contributed by atoms with Crippen molar-refractivity contribution >= 4 is 17.8 Å².